The third-order valence-electron chi connectivity index (χ3n) is 3.92. The molecular formula is C20H20N2O3S. The lowest BCUT2D eigenvalue weighted by Crippen LogP contribution is -2.25. The number of thioether (sulfide) groups is 1. The topological polar surface area (TPSA) is 61.2 Å². The Labute approximate surface area is 156 Å². The molecule has 0 atom stereocenters. The van der Waals surface area contributed by atoms with Crippen molar-refractivity contribution in [2.45, 2.75) is 25.0 Å². The molecule has 0 saturated carbocycles. The average Bonchev–Trinajstić information content (AvgIpc) is 2.67. The minimum absolute atomic E-state index is 0.0853. The highest BCUT2D eigenvalue weighted by Crippen LogP contribution is 2.18. The number of hydrogen-bond donors (Lipinski definition) is 0. The lowest BCUT2D eigenvalue weighted by Gasteiger charge is -2.13. The Bertz CT molecular complexity index is 954. The Kier molecular flexibility index (Phi) is 6.07. The summed E-state index contributed by atoms with van der Waals surface area (Å²) in [5.74, 6) is -0.182. The zero-order valence-corrected chi connectivity index (χ0v) is 15.4. The fourth-order valence-corrected chi connectivity index (χ4v) is 3.49. The molecule has 1 heterocycles. The van der Waals surface area contributed by atoms with E-state index in [2.05, 4.69) is 4.98 Å². The van der Waals surface area contributed by atoms with E-state index in [1.807, 2.05) is 48.5 Å². The second-order valence-electron chi connectivity index (χ2n) is 5.70. The van der Waals surface area contributed by atoms with Crippen LogP contribution in [0.15, 0.2) is 64.5 Å². The summed E-state index contributed by atoms with van der Waals surface area (Å²) in [6, 6.07) is 17.3. The molecular weight excluding hydrogens is 348 g/mol. The number of aromatic nitrogens is 2. The molecule has 0 N–H and O–H groups in total. The van der Waals surface area contributed by atoms with Gasteiger partial charge >= 0.3 is 5.97 Å². The standard InChI is InChI=1S/C20H20N2O3S/c1-2-25-18(23)14-26-20-21-17-11-7-6-10-16(17)19(24)22(20)13-12-15-8-4-3-5-9-15/h3-11H,2,12-14H2,1H3. The van der Waals surface area contributed by atoms with Crippen LogP contribution in [0.5, 0.6) is 0 Å². The molecule has 1 aromatic heterocycles. The van der Waals surface area contributed by atoms with Gasteiger partial charge in [0.25, 0.3) is 5.56 Å². The molecule has 6 heteroatoms. The summed E-state index contributed by atoms with van der Waals surface area (Å²) in [7, 11) is 0. The van der Waals surface area contributed by atoms with Crippen molar-refractivity contribution >= 4 is 28.6 Å². The van der Waals surface area contributed by atoms with Gasteiger partial charge in [-0.2, -0.15) is 0 Å². The van der Waals surface area contributed by atoms with Crippen LogP contribution in [0.25, 0.3) is 10.9 Å². The van der Waals surface area contributed by atoms with Crippen LogP contribution in [-0.4, -0.2) is 27.9 Å². The maximum absolute atomic E-state index is 12.9. The first kappa shape index (κ1) is 18.2. The SMILES string of the molecule is CCOC(=O)CSc1nc2ccccc2c(=O)n1CCc1ccccc1. The number of aryl methyl sites for hydroxylation is 1. The van der Waals surface area contributed by atoms with E-state index in [0.29, 0.717) is 35.6 Å². The second kappa shape index (κ2) is 8.67. The first-order valence-corrected chi connectivity index (χ1v) is 9.49. The largest absolute Gasteiger partial charge is 0.465 e. The Morgan fingerprint density at radius 1 is 1.12 bits per heavy atom. The van der Waals surface area contributed by atoms with Crippen molar-refractivity contribution in [3.8, 4) is 0 Å². The molecule has 0 bridgehead atoms. The average molecular weight is 368 g/mol. The van der Waals surface area contributed by atoms with Gasteiger partial charge in [-0.1, -0.05) is 54.2 Å². The Morgan fingerprint density at radius 3 is 2.62 bits per heavy atom. The lowest BCUT2D eigenvalue weighted by molar-refractivity contribution is -0.139. The van der Waals surface area contributed by atoms with Crippen molar-refractivity contribution in [1.82, 2.24) is 9.55 Å². The normalized spacial score (nSPS) is 10.8. The molecule has 2 aromatic carbocycles. The smallest absolute Gasteiger partial charge is 0.316 e. The molecule has 134 valence electrons. The fourth-order valence-electron chi connectivity index (χ4n) is 2.67. The molecule has 0 aliphatic heterocycles. The second-order valence-corrected chi connectivity index (χ2v) is 6.64. The summed E-state index contributed by atoms with van der Waals surface area (Å²) in [5, 5.41) is 1.12. The number of esters is 1. The van der Waals surface area contributed by atoms with Crippen LogP contribution < -0.4 is 5.56 Å². The van der Waals surface area contributed by atoms with E-state index in [1.165, 1.54) is 11.8 Å². The van der Waals surface area contributed by atoms with Gasteiger partial charge in [-0.15, -0.1) is 0 Å². The van der Waals surface area contributed by atoms with Crippen LogP contribution in [0.1, 0.15) is 12.5 Å². The maximum Gasteiger partial charge on any atom is 0.316 e. The zero-order chi connectivity index (χ0) is 18.4. The number of nitrogens with zero attached hydrogens (tertiary/aromatic N) is 2. The molecule has 0 unspecified atom stereocenters. The number of para-hydroxylation sites is 1. The number of hydrogen-bond acceptors (Lipinski definition) is 5. The predicted octanol–water partition coefficient (Wildman–Crippen LogP) is 3.29. The molecule has 26 heavy (non-hydrogen) atoms. The van der Waals surface area contributed by atoms with Gasteiger partial charge in [-0.25, -0.2) is 4.98 Å². The zero-order valence-electron chi connectivity index (χ0n) is 14.6. The summed E-state index contributed by atoms with van der Waals surface area (Å²) in [4.78, 5) is 29.2. The van der Waals surface area contributed by atoms with Gasteiger partial charge in [0.1, 0.15) is 0 Å². The molecule has 0 spiro atoms. The van der Waals surface area contributed by atoms with E-state index < -0.39 is 0 Å². The van der Waals surface area contributed by atoms with E-state index in [4.69, 9.17) is 4.74 Å². The summed E-state index contributed by atoms with van der Waals surface area (Å²) in [6.45, 7) is 2.61. The minimum Gasteiger partial charge on any atom is -0.465 e. The highest BCUT2D eigenvalue weighted by molar-refractivity contribution is 7.99. The van der Waals surface area contributed by atoms with Gasteiger partial charge in [0, 0.05) is 6.54 Å². The molecule has 3 aromatic rings. The van der Waals surface area contributed by atoms with Gasteiger partial charge in [-0.3, -0.25) is 14.2 Å². The van der Waals surface area contributed by atoms with Gasteiger partial charge in [-0.05, 0) is 31.0 Å². The number of carbonyl (C=O) groups is 1. The van der Waals surface area contributed by atoms with Crippen molar-refractivity contribution < 1.29 is 9.53 Å². The predicted molar refractivity (Wildman–Crippen MR) is 104 cm³/mol. The quantitative estimate of drug-likeness (QED) is 0.364. The van der Waals surface area contributed by atoms with Gasteiger partial charge in [0.05, 0.1) is 23.3 Å². The van der Waals surface area contributed by atoms with Gasteiger partial charge in [0.2, 0.25) is 0 Å². The molecule has 0 aliphatic rings. The van der Waals surface area contributed by atoms with Crippen LogP contribution >= 0.6 is 11.8 Å². The Morgan fingerprint density at radius 2 is 1.85 bits per heavy atom. The number of rotatable bonds is 7. The molecule has 0 aliphatic carbocycles. The summed E-state index contributed by atoms with van der Waals surface area (Å²) in [5.41, 5.74) is 1.70. The highest BCUT2D eigenvalue weighted by atomic mass is 32.2. The van der Waals surface area contributed by atoms with E-state index in [-0.39, 0.29) is 17.3 Å². The first-order chi connectivity index (χ1) is 12.7. The lowest BCUT2D eigenvalue weighted by atomic mass is 10.1. The molecule has 5 nitrogen and oxygen atoms in total. The van der Waals surface area contributed by atoms with Crippen LogP contribution in [0, 0.1) is 0 Å². The van der Waals surface area contributed by atoms with E-state index in [9.17, 15) is 9.59 Å². The van der Waals surface area contributed by atoms with E-state index >= 15 is 0 Å². The fraction of sp³-hybridized carbons (Fsp3) is 0.250. The number of fused-ring (bicyclic) bond motifs is 1. The summed E-state index contributed by atoms with van der Waals surface area (Å²) >= 11 is 1.24. The Balaban J connectivity index is 1.92. The molecule has 0 radical (unpaired) electrons. The van der Waals surface area contributed by atoms with Crippen molar-refractivity contribution in [1.29, 1.82) is 0 Å². The van der Waals surface area contributed by atoms with Crippen LogP contribution in [0.3, 0.4) is 0 Å². The Hall–Kier alpha value is -2.60. The summed E-state index contributed by atoms with van der Waals surface area (Å²) in [6.07, 6.45) is 0.716. The maximum atomic E-state index is 12.9. The van der Waals surface area contributed by atoms with Gasteiger partial charge < -0.3 is 4.74 Å². The van der Waals surface area contributed by atoms with Crippen LogP contribution in [0.2, 0.25) is 0 Å². The van der Waals surface area contributed by atoms with Crippen molar-refractivity contribution in [2.24, 2.45) is 0 Å². The number of ether oxygens (including phenoxy) is 1. The monoisotopic (exact) mass is 368 g/mol. The number of benzene rings is 2. The molecule has 0 amide bonds. The summed E-state index contributed by atoms with van der Waals surface area (Å²) < 4.78 is 6.63. The highest BCUT2D eigenvalue weighted by Gasteiger charge is 2.13. The third kappa shape index (κ3) is 4.32. The van der Waals surface area contributed by atoms with Gasteiger partial charge in [0.15, 0.2) is 5.16 Å². The van der Waals surface area contributed by atoms with Crippen LogP contribution in [0.4, 0.5) is 0 Å². The van der Waals surface area contributed by atoms with Crippen LogP contribution in [-0.2, 0) is 22.5 Å². The third-order valence-corrected chi connectivity index (χ3v) is 4.87. The number of carbonyl (C=O) groups excluding carboxylic acids is 1. The van der Waals surface area contributed by atoms with Crippen molar-refractivity contribution in [3.05, 3.63) is 70.5 Å². The molecule has 0 saturated heterocycles. The van der Waals surface area contributed by atoms with Crippen molar-refractivity contribution in [3.63, 3.8) is 0 Å². The molecule has 3 rings (SSSR count). The molecule has 0 fully saturated rings. The van der Waals surface area contributed by atoms with E-state index in [0.717, 1.165) is 5.56 Å². The minimum atomic E-state index is -0.311. The first-order valence-electron chi connectivity index (χ1n) is 8.51. The van der Waals surface area contributed by atoms with E-state index in [1.54, 1.807) is 17.6 Å². The van der Waals surface area contributed by atoms with Crippen molar-refractivity contribution in [2.75, 3.05) is 12.4 Å².